The summed E-state index contributed by atoms with van der Waals surface area (Å²) in [6, 6.07) is 12.3. The Bertz CT molecular complexity index is 1400. The van der Waals surface area contributed by atoms with E-state index in [1.54, 1.807) is 28.8 Å². The highest BCUT2D eigenvalue weighted by atomic mass is 19.1. The van der Waals surface area contributed by atoms with E-state index in [-0.39, 0.29) is 35.2 Å². The third-order valence-corrected chi connectivity index (χ3v) is 4.87. The summed E-state index contributed by atoms with van der Waals surface area (Å²) in [6.07, 6.45) is 1.53. The number of hydrogen-bond donors (Lipinski definition) is 2. The lowest BCUT2D eigenvalue weighted by Gasteiger charge is -2.09. The Hall–Kier alpha value is -4.21. The summed E-state index contributed by atoms with van der Waals surface area (Å²) in [7, 11) is 2.93. The Balaban J connectivity index is 1.80. The Morgan fingerprint density at radius 3 is 2.42 bits per heavy atom. The Labute approximate surface area is 175 Å². The molecule has 0 spiro atoms. The summed E-state index contributed by atoms with van der Waals surface area (Å²) in [4.78, 5) is 29.6. The van der Waals surface area contributed by atoms with Crippen molar-refractivity contribution < 1.29 is 9.50 Å². The maximum Gasteiger partial charge on any atom is 0.332 e. The predicted molar refractivity (Wildman–Crippen MR) is 115 cm³/mol. The minimum Gasteiger partial charge on any atom is -0.508 e. The van der Waals surface area contributed by atoms with Crippen LogP contribution in [0.3, 0.4) is 0 Å². The van der Waals surface area contributed by atoms with Crippen molar-refractivity contribution in [1.29, 1.82) is 0 Å². The van der Waals surface area contributed by atoms with Crippen LogP contribution in [0.1, 0.15) is 11.1 Å². The minimum absolute atomic E-state index is 0.142. The SMILES string of the molecule is Cn1c(=O)c2c(nc(NN=Cc3ccc(O)cc3)n2Cc2ccc(F)cc2)n(C)c1=O. The zero-order chi connectivity index (χ0) is 22.1. The number of phenolic OH excluding ortho intramolecular Hbond substituents is 1. The fourth-order valence-electron chi connectivity index (χ4n) is 3.18. The van der Waals surface area contributed by atoms with Gasteiger partial charge in [-0.3, -0.25) is 18.5 Å². The average Bonchev–Trinajstić information content (AvgIpc) is 3.12. The molecule has 158 valence electrons. The van der Waals surface area contributed by atoms with E-state index >= 15 is 0 Å². The molecule has 0 radical (unpaired) electrons. The van der Waals surface area contributed by atoms with Gasteiger partial charge < -0.3 is 5.11 Å². The summed E-state index contributed by atoms with van der Waals surface area (Å²) in [5, 5.41) is 13.5. The Morgan fingerprint density at radius 2 is 1.74 bits per heavy atom. The number of nitrogens with zero attached hydrogens (tertiary/aromatic N) is 5. The molecule has 0 saturated heterocycles. The highest BCUT2D eigenvalue weighted by Gasteiger charge is 2.19. The lowest BCUT2D eigenvalue weighted by Crippen LogP contribution is -2.37. The first-order valence-corrected chi connectivity index (χ1v) is 9.34. The number of imidazole rings is 1. The maximum atomic E-state index is 13.3. The number of aryl methyl sites for hydroxylation is 1. The van der Waals surface area contributed by atoms with Gasteiger partial charge in [0.05, 0.1) is 12.8 Å². The first kappa shape index (κ1) is 20.1. The number of halogens is 1. The van der Waals surface area contributed by atoms with Gasteiger partial charge in [-0.2, -0.15) is 10.1 Å². The second-order valence-electron chi connectivity index (χ2n) is 6.99. The second kappa shape index (κ2) is 7.90. The summed E-state index contributed by atoms with van der Waals surface area (Å²) >= 11 is 0. The number of hydrogen-bond acceptors (Lipinski definition) is 6. The molecule has 0 fully saturated rings. The van der Waals surface area contributed by atoms with E-state index in [2.05, 4.69) is 15.5 Å². The van der Waals surface area contributed by atoms with Crippen LogP contribution in [0.25, 0.3) is 11.2 Å². The van der Waals surface area contributed by atoms with Crippen molar-refractivity contribution >= 4 is 23.3 Å². The molecule has 4 rings (SSSR count). The lowest BCUT2D eigenvalue weighted by molar-refractivity contribution is 0.475. The normalized spacial score (nSPS) is 11.5. The molecule has 0 unspecified atom stereocenters. The first-order valence-electron chi connectivity index (χ1n) is 9.34. The van der Waals surface area contributed by atoms with Crippen LogP contribution in [-0.4, -0.2) is 30.0 Å². The molecule has 0 amide bonds. The number of aromatic nitrogens is 4. The van der Waals surface area contributed by atoms with Crippen molar-refractivity contribution in [2.75, 3.05) is 5.43 Å². The molecular weight excluding hydrogens is 403 g/mol. The van der Waals surface area contributed by atoms with Crippen LogP contribution in [-0.2, 0) is 20.6 Å². The quantitative estimate of drug-likeness (QED) is 0.377. The van der Waals surface area contributed by atoms with Crippen LogP contribution in [0, 0.1) is 5.82 Å². The van der Waals surface area contributed by atoms with Crippen molar-refractivity contribution in [3.8, 4) is 5.75 Å². The van der Waals surface area contributed by atoms with Crippen molar-refractivity contribution in [1.82, 2.24) is 18.7 Å². The molecule has 10 heteroatoms. The Morgan fingerprint density at radius 1 is 1.06 bits per heavy atom. The summed E-state index contributed by atoms with van der Waals surface area (Å²) in [5.41, 5.74) is 3.71. The van der Waals surface area contributed by atoms with Gasteiger partial charge in [-0.05, 0) is 47.5 Å². The molecule has 31 heavy (non-hydrogen) atoms. The monoisotopic (exact) mass is 422 g/mol. The molecule has 0 saturated carbocycles. The zero-order valence-electron chi connectivity index (χ0n) is 16.8. The number of anilines is 1. The number of fused-ring (bicyclic) bond motifs is 1. The summed E-state index contributed by atoms with van der Waals surface area (Å²) in [6.45, 7) is 0.210. The van der Waals surface area contributed by atoms with Crippen LogP contribution in [0.5, 0.6) is 5.75 Å². The molecule has 0 aliphatic carbocycles. The van der Waals surface area contributed by atoms with Crippen LogP contribution in [0.4, 0.5) is 10.3 Å². The molecule has 2 heterocycles. The van der Waals surface area contributed by atoms with Crippen molar-refractivity contribution in [2.45, 2.75) is 6.54 Å². The number of nitrogens with one attached hydrogen (secondary N) is 1. The molecule has 9 nitrogen and oxygen atoms in total. The van der Waals surface area contributed by atoms with E-state index < -0.39 is 11.2 Å². The zero-order valence-corrected chi connectivity index (χ0v) is 16.8. The van der Waals surface area contributed by atoms with E-state index in [0.717, 1.165) is 15.7 Å². The van der Waals surface area contributed by atoms with Crippen LogP contribution in [0.15, 0.2) is 63.2 Å². The molecule has 4 aromatic rings. The van der Waals surface area contributed by atoms with E-state index in [1.165, 1.54) is 49.1 Å². The van der Waals surface area contributed by atoms with Gasteiger partial charge in [0.15, 0.2) is 11.2 Å². The van der Waals surface area contributed by atoms with Crippen molar-refractivity contribution in [3.63, 3.8) is 0 Å². The highest BCUT2D eigenvalue weighted by molar-refractivity contribution is 5.80. The smallest absolute Gasteiger partial charge is 0.332 e. The number of benzene rings is 2. The maximum absolute atomic E-state index is 13.3. The molecule has 0 aliphatic heterocycles. The molecule has 0 atom stereocenters. The van der Waals surface area contributed by atoms with E-state index in [0.29, 0.717) is 0 Å². The number of hydrazone groups is 1. The van der Waals surface area contributed by atoms with E-state index in [4.69, 9.17) is 0 Å². The van der Waals surface area contributed by atoms with Crippen molar-refractivity contribution in [3.05, 3.63) is 86.3 Å². The molecule has 2 aromatic heterocycles. The molecule has 0 aliphatic rings. The minimum atomic E-state index is -0.497. The Kier molecular flexibility index (Phi) is 5.12. The summed E-state index contributed by atoms with van der Waals surface area (Å²) < 4.78 is 17.2. The van der Waals surface area contributed by atoms with Gasteiger partial charge >= 0.3 is 5.69 Å². The predicted octanol–water partition coefficient (Wildman–Crippen LogP) is 1.77. The number of aromatic hydroxyl groups is 1. The van der Waals surface area contributed by atoms with Gasteiger partial charge in [0, 0.05) is 14.1 Å². The van der Waals surface area contributed by atoms with Gasteiger partial charge in [0.1, 0.15) is 11.6 Å². The van der Waals surface area contributed by atoms with Gasteiger partial charge in [-0.1, -0.05) is 12.1 Å². The highest BCUT2D eigenvalue weighted by Crippen LogP contribution is 2.18. The summed E-state index contributed by atoms with van der Waals surface area (Å²) in [5.74, 6) is 0.0185. The number of rotatable bonds is 5. The first-order chi connectivity index (χ1) is 14.8. The molecular formula is C21H19FN6O3. The van der Waals surface area contributed by atoms with E-state index in [9.17, 15) is 19.1 Å². The third kappa shape index (κ3) is 3.82. The van der Waals surface area contributed by atoms with Crippen LogP contribution in [0.2, 0.25) is 0 Å². The molecule has 2 N–H and O–H groups in total. The lowest BCUT2D eigenvalue weighted by atomic mass is 10.2. The standard InChI is InChI=1S/C21H19FN6O3/c1-26-18-17(19(30)27(2)21(26)31)28(12-14-3-7-15(22)8-4-14)20(24-18)25-23-11-13-5-9-16(29)10-6-13/h3-11,29H,12H2,1-2H3,(H,24,25). The van der Waals surface area contributed by atoms with E-state index in [1.807, 2.05) is 0 Å². The molecule has 0 bridgehead atoms. The van der Waals surface area contributed by atoms with Gasteiger partial charge in [-0.25, -0.2) is 14.6 Å². The average molecular weight is 422 g/mol. The third-order valence-electron chi connectivity index (χ3n) is 4.87. The number of phenols is 1. The fraction of sp³-hybridized carbons (Fsp3) is 0.143. The van der Waals surface area contributed by atoms with Crippen molar-refractivity contribution in [2.24, 2.45) is 19.2 Å². The van der Waals surface area contributed by atoms with Crippen LogP contribution >= 0.6 is 0 Å². The van der Waals surface area contributed by atoms with Gasteiger partial charge in [-0.15, -0.1) is 0 Å². The second-order valence-corrected chi connectivity index (χ2v) is 6.99. The van der Waals surface area contributed by atoms with Crippen LogP contribution < -0.4 is 16.7 Å². The van der Waals surface area contributed by atoms with Gasteiger partial charge in [0.25, 0.3) is 5.56 Å². The molecule has 2 aromatic carbocycles. The largest absolute Gasteiger partial charge is 0.508 e. The fourth-order valence-corrected chi connectivity index (χ4v) is 3.18. The van der Waals surface area contributed by atoms with Gasteiger partial charge in [0.2, 0.25) is 5.95 Å². The topological polar surface area (TPSA) is 106 Å².